The zero-order chi connectivity index (χ0) is 18.4. The summed E-state index contributed by atoms with van der Waals surface area (Å²) in [4.78, 5) is 14.3. The van der Waals surface area contributed by atoms with Crippen molar-refractivity contribution >= 4 is 16.6 Å². The second-order valence-electron chi connectivity index (χ2n) is 7.02. The third-order valence-corrected chi connectivity index (χ3v) is 5.79. The zero-order valence-corrected chi connectivity index (χ0v) is 16.4. The van der Waals surface area contributed by atoms with Gasteiger partial charge in [-0.05, 0) is 49.4 Å². The molecule has 0 bridgehead atoms. The second-order valence-corrected chi connectivity index (χ2v) is 8.47. The minimum absolute atomic E-state index is 0.175. The number of aryl methyl sites for hydroxylation is 1. The lowest BCUT2D eigenvalue weighted by atomic mass is 9.85. The van der Waals surface area contributed by atoms with Crippen molar-refractivity contribution in [1.82, 2.24) is 0 Å². The molecule has 0 aliphatic carbocycles. The molecule has 0 saturated carbocycles. The maximum Gasteiger partial charge on any atom is 0.140 e. The van der Waals surface area contributed by atoms with Gasteiger partial charge in [-0.15, -0.1) is 0 Å². The fourth-order valence-electron chi connectivity index (χ4n) is 3.05. The molecule has 134 valence electrons. The SMILES string of the molecule is CCCC(=O)[C@@H](CC(C)C)c1ccccc1S(=O)c1ccc(C)cc1. The van der Waals surface area contributed by atoms with E-state index in [1.807, 2.05) is 62.4 Å². The summed E-state index contributed by atoms with van der Waals surface area (Å²) < 4.78 is 13.1. The molecule has 0 N–H and O–H groups in total. The minimum Gasteiger partial charge on any atom is -0.299 e. The lowest BCUT2D eigenvalue weighted by Crippen LogP contribution is -2.17. The van der Waals surface area contributed by atoms with Gasteiger partial charge in [0.25, 0.3) is 0 Å². The van der Waals surface area contributed by atoms with Gasteiger partial charge in [0.1, 0.15) is 5.78 Å². The monoisotopic (exact) mass is 356 g/mol. The Hall–Kier alpha value is -1.74. The van der Waals surface area contributed by atoms with Gasteiger partial charge in [-0.2, -0.15) is 0 Å². The first kappa shape index (κ1) is 19.6. The summed E-state index contributed by atoms with van der Waals surface area (Å²) in [5.41, 5.74) is 2.07. The van der Waals surface area contributed by atoms with Gasteiger partial charge in [0.05, 0.1) is 10.8 Å². The highest BCUT2D eigenvalue weighted by molar-refractivity contribution is 7.85. The maximum absolute atomic E-state index is 13.1. The number of Topliss-reactive ketones (excluding diaryl/α,β-unsaturated/α-hetero) is 1. The van der Waals surface area contributed by atoms with Gasteiger partial charge >= 0.3 is 0 Å². The van der Waals surface area contributed by atoms with E-state index >= 15 is 0 Å². The number of carbonyl (C=O) groups excluding carboxylic acids is 1. The van der Waals surface area contributed by atoms with Gasteiger partial charge in [-0.1, -0.05) is 56.7 Å². The lowest BCUT2D eigenvalue weighted by Gasteiger charge is -2.21. The van der Waals surface area contributed by atoms with Crippen LogP contribution < -0.4 is 0 Å². The Bertz CT molecular complexity index is 732. The van der Waals surface area contributed by atoms with Crippen LogP contribution in [-0.2, 0) is 15.6 Å². The van der Waals surface area contributed by atoms with Crippen molar-refractivity contribution in [3.05, 3.63) is 59.7 Å². The molecule has 0 saturated heterocycles. The van der Waals surface area contributed by atoms with E-state index in [4.69, 9.17) is 0 Å². The molecule has 2 atom stereocenters. The van der Waals surface area contributed by atoms with E-state index in [1.165, 1.54) is 0 Å². The van der Waals surface area contributed by atoms with E-state index in [1.54, 1.807) is 0 Å². The van der Waals surface area contributed by atoms with Gasteiger partial charge in [0, 0.05) is 22.1 Å². The third-order valence-electron chi connectivity index (χ3n) is 4.32. The molecule has 0 radical (unpaired) electrons. The Labute approximate surface area is 154 Å². The van der Waals surface area contributed by atoms with E-state index in [0.717, 1.165) is 33.8 Å². The molecule has 0 spiro atoms. The Morgan fingerprint density at radius 1 is 1.04 bits per heavy atom. The standard InChI is InChI=1S/C22H28O2S/c1-5-8-21(23)20(15-16(2)3)19-9-6-7-10-22(19)25(24)18-13-11-17(4)12-14-18/h6-7,9-14,16,20H,5,8,15H2,1-4H3/t20-,25?/m0/s1. The van der Waals surface area contributed by atoms with Crippen LogP contribution in [0.25, 0.3) is 0 Å². The Balaban J connectivity index is 2.45. The fourth-order valence-corrected chi connectivity index (χ4v) is 4.31. The third kappa shape index (κ3) is 5.12. The normalized spacial score (nSPS) is 13.6. The number of carbonyl (C=O) groups is 1. The second kappa shape index (κ2) is 9.10. The summed E-state index contributed by atoms with van der Waals surface area (Å²) in [5.74, 6) is 0.488. The van der Waals surface area contributed by atoms with Gasteiger partial charge in [-0.3, -0.25) is 4.79 Å². The van der Waals surface area contributed by atoms with Crippen molar-refractivity contribution in [2.24, 2.45) is 5.92 Å². The van der Waals surface area contributed by atoms with Crippen LogP contribution >= 0.6 is 0 Å². The number of benzene rings is 2. The van der Waals surface area contributed by atoms with Gasteiger partial charge in [0.2, 0.25) is 0 Å². The van der Waals surface area contributed by atoms with Crippen LogP contribution in [0.5, 0.6) is 0 Å². The van der Waals surface area contributed by atoms with Crippen molar-refractivity contribution in [3.63, 3.8) is 0 Å². The Morgan fingerprint density at radius 2 is 1.68 bits per heavy atom. The smallest absolute Gasteiger partial charge is 0.140 e. The van der Waals surface area contributed by atoms with Crippen molar-refractivity contribution in [1.29, 1.82) is 0 Å². The van der Waals surface area contributed by atoms with Crippen molar-refractivity contribution in [3.8, 4) is 0 Å². The molecule has 1 unspecified atom stereocenters. The van der Waals surface area contributed by atoms with Crippen molar-refractivity contribution in [2.45, 2.75) is 62.7 Å². The molecule has 0 amide bonds. The van der Waals surface area contributed by atoms with Crippen LogP contribution in [0.4, 0.5) is 0 Å². The molecule has 2 aromatic rings. The molecular formula is C22H28O2S. The molecule has 0 aliphatic heterocycles. The molecule has 3 heteroatoms. The molecule has 25 heavy (non-hydrogen) atoms. The lowest BCUT2D eigenvalue weighted by molar-refractivity contribution is -0.120. The summed E-state index contributed by atoms with van der Waals surface area (Å²) in [5, 5.41) is 0. The summed E-state index contributed by atoms with van der Waals surface area (Å²) in [6, 6.07) is 15.5. The molecule has 0 aromatic heterocycles. The van der Waals surface area contributed by atoms with Crippen LogP contribution in [0.1, 0.15) is 57.1 Å². The first-order chi connectivity index (χ1) is 11.9. The number of hydrogen-bond acceptors (Lipinski definition) is 2. The minimum atomic E-state index is -1.27. The number of hydrogen-bond donors (Lipinski definition) is 0. The van der Waals surface area contributed by atoms with Crippen molar-refractivity contribution < 1.29 is 9.00 Å². The quantitative estimate of drug-likeness (QED) is 0.611. The summed E-state index contributed by atoms with van der Waals surface area (Å²) in [6.07, 6.45) is 2.21. The average molecular weight is 357 g/mol. The first-order valence-electron chi connectivity index (χ1n) is 9.04. The van der Waals surface area contributed by atoms with Gasteiger partial charge < -0.3 is 0 Å². The van der Waals surface area contributed by atoms with E-state index in [-0.39, 0.29) is 11.7 Å². The summed E-state index contributed by atoms with van der Waals surface area (Å²) in [7, 11) is -1.27. The van der Waals surface area contributed by atoms with Crippen LogP contribution in [0.15, 0.2) is 58.3 Å². The van der Waals surface area contributed by atoms with Crippen LogP contribution in [0.2, 0.25) is 0 Å². The van der Waals surface area contributed by atoms with Crippen LogP contribution in [0.3, 0.4) is 0 Å². The molecule has 2 nitrogen and oxygen atoms in total. The maximum atomic E-state index is 13.1. The fraction of sp³-hybridized carbons (Fsp3) is 0.409. The van der Waals surface area contributed by atoms with Crippen LogP contribution in [0, 0.1) is 12.8 Å². The van der Waals surface area contributed by atoms with E-state index in [2.05, 4.69) is 13.8 Å². The van der Waals surface area contributed by atoms with E-state index < -0.39 is 10.8 Å². The molecule has 0 aliphatic rings. The molecule has 0 heterocycles. The molecule has 2 rings (SSSR count). The predicted octanol–water partition coefficient (Wildman–Crippen LogP) is 5.66. The highest BCUT2D eigenvalue weighted by atomic mass is 32.2. The van der Waals surface area contributed by atoms with Gasteiger partial charge in [-0.25, -0.2) is 4.21 Å². The topological polar surface area (TPSA) is 34.1 Å². The molecule has 2 aromatic carbocycles. The van der Waals surface area contributed by atoms with Crippen molar-refractivity contribution in [2.75, 3.05) is 0 Å². The largest absolute Gasteiger partial charge is 0.299 e. The average Bonchev–Trinajstić information content (AvgIpc) is 2.60. The summed E-state index contributed by atoms with van der Waals surface area (Å²) in [6.45, 7) is 8.31. The zero-order valence-electron chi connectivity index (χ0n) is 15.6. The summed E-state index contributed by atoms with van der Waals surface area (Å²) >= 11 is 0. The number of ketones is 1. The van der Waals surface area contributed by atoms with E-state index in [0.29, 0.717) is 12.3 Å². The van der Waals surface area contributed by atoms with Gasteiger partial charge in [0.15, 0.2) is 0 Å². The highest BCUT2D eigenvalue weighted by Gasteiger charge is 2.25. The highest BCUT2D eigenvalue weighted by Crippen LogP contribution is 2.32. The Morgan fingerprint density at radius 3 is 2.28 bits per heavy atom. The first-order valence-corrected chi connectivity index (χ1v) is 10.2. The van der Waals surface area contributed by atoms with Crippen LogP contribution in [-0.4, -0.2) is 9.99 Å². The molecule has 0 fully saturated rings. The Kier molecular flexibility index (Phi) is 7.12. The number of rotatable bonds is 8. The van der Waals surface area contributed by atoms with E-state index in [9.17, 15) is 9.00 Å². The predicted molar refractivity (Wildman–Crippen MR) is 104 cm³/mol. The molecular weight excluding hydrogens is 328 g/mol.